The summed E-state index contributed by atoms with van der Waals surface area (Å²) in [6, 6.07) is 16.9. The van der Waals surface area contributed by atoms with Gasteiger partial charge < -0.3 is 14.6 Å². The van der Waals surface area contributed by atoms with Gasteiger partial charge in [0.15, 0.2) is 0 Å². The molecule has 6 nitrogen and oxygen atoms in total. The van der Waals surface area contributed by atoms with Crippen LogP contribution in [-0.2, 0) is 13.1 Å². The van der Waals surface area contributed by atoms with E-state index in [9.17, 15) is 9.59 Å². The second-order valence-electron chi connectivity index (χ2n) is 7.81. The third-order valence-corrected chi connectivity index (χ3v) is 5.74. The maximum atomic E-state index is 13.4. The summed E-state index contributed by atoms with van der Waals surface area (Å²) in [7, 11) is 1.60. The first-order valence-electron chi connectivity index (χ1n) is 10.4. The molecule has 0 aliphatic rings. The van der Waals surface area contributed by atoms with Crippen molar-refractivity contribution < 1.29 is 9.53 Å². The smallest absolute Gasteiger partial charge is 0.256 e. The summed E-state index contributed by atoms with van der Waals surface area (Å²) >= 11 is 0. The fourth-order valence-corrected chi connectivity index (χ4v) is 3.80. The third kappa shape index (κ3) is 4.25. The standard InChI is InChI=1S/C26H25N3O3/c1-17-10-11-19-13-22(25(30)28-24(19)18(17)2)16-29(26(31)20-8-6-12-27-14-20)15-21-7-4-5-9-23(21)32-3/h4-14H,15-16H2,1-3H3,(H,28,30). The lowest BCUT2D eigenvalue weighted by atomic mass is 10.0. The lowest BCUT2D eigenvalue weighted by Crippen LogP contribution is -2.32. The molecule has 4 aromatic rings. The number of benzene rings is 2. The number of carbonyl (C=O) groups is 1. The van der Waals surface area contributed by atoms with Crippen molar-refractivity contribution >= 4 is 16.8 Å². The fraction of sp³-hybridized carbons (Fsp3) is 0.192. The molecule has 6 heteroatoms. The van der Waals surface area contributed by atoms with Crippen molar-refractivity contribution in [2.75, 3.05) is 7.11 Å². The Morgan fingerprint density at radius 2 is 1.81 bits per heavy atom. The van der Waals surface area contributed by atoms with Crippen molar-refractivity contribution in [1.29, 1.82) is 0 Å². The van der Waals surface area contributed by atoms with Gasteiger partial charge in [-0.25, -0.2) is 0 Å². The number of aryl methyl sites for hydroxylation is 2. The maximum absolute atomic E-state index is 13.4. The van der Waals surface area contributed by atoms with Gasteiger partial charge in [-0.1, -0.05) is 30.3 Å². The lowest BCUT2D eigenvalue weighted by molar-refractivity contribution is 0.0728. The molecule has 0 saturated carbocycles. The summed E-state index contributed by atoms with van der Waals surface area (Å²) in [5.74, 6) is 0.485. The molecule has 0 saturated heterocycles. The number of carbonyl (C=O) groups excluding carboxylic acids is 1. The van der Waals surface area contributed by atoms with E-state index < -0.39 is 0 Å². The Bertz CT molecular complexity index is 1330. The maximum Gasteiger partial charge on any atom is 0.256 e. The highest BCUT2D eigenvalue weighted by molar-refractivity contribution is 5.94. The number of amides is 1. The molecule has 0 unspecified atom stereocenters. The number of pyridine rings is 2. The van der Waals surface area contributed by atoms with Crippen LogP contribution in [-0.4, -0.2) is 27.9 Å². The van der Waals surface area contributed by atoms with Crippen LogP contribution in [0.4, 0.5) is 0 Å². The Hall–Kier alpha value is -3.93. The van der Waals surface area contributed by atoms with E-state index in [4.69, 9.17) is 4.74 Å². The first-order chi connectivity index (χ1) is 15.5. The number of para-hydroxylation sites is 1. The Balaban J connectivity index is 1.75. The number of H-pyrrole nitrogens is 1. The van der Waals surface area contributed by atoms with E-state index in [1.165, 1.54) is 6.20 Å². The molecule has 2 heterocycles. The molecule has 162 valence electrons. The van der Waals surface area contributed by atoms with Crippen LogP contribution in [0.3, 0.4) is 0 Å². The lowest BCUT2D eigenvalue weighted by Gasteiger charge is -2.24. The van der Waals surface area contributed by atoms with Crippen LogP contribution < -0.4 is 10.3 Å². The monoisotopic (exact) mass is 427 g/mol. The SMILES string of the molecule is COc1ccccc1CN(Cc1cc2ccc(C)c(C)c2[nH]c1=O)C(=O)c1cccnc1. The Morgan fingerprint density at radius 3 is 2.56 bits per heavy atom. The zero-order valence-corrected chi connectivity index (χ0v) is 18.4. The van der Waals surface area contributed by atoms with E-state index in [1.807, 2.05) is 56.3 Å². The molecule has 0 radical (unpaired) electrons. The molecule has 0 fully saturated rings. The number of methoxy groups -OCH3 is 1. The second-order valence-corrected chi connectivity index (χ2v) is 7.81. The molecule has 0 aliphatic heterocycles. The van der Waals surface area contributed by atoms with Gasteiger partial charge in [0.05, 0.1) is 24.7 Å². The number of nitrogens with zero attached hydrogens (tertiary/aromatic N) is 2. The highest BCUT2D eigenvalue weighted by atomic mass is 16.5. The van der Waals surface area contributed by atoms with E-state index >= 15 is 0 Å². The molecule has 1 N–H and O–H groups in total. The third-order valence-electron chi connectivity index (χ3n) is 5.74. The summed E-state index contributed by atoms with van der Waals surface area (Å²) in [6.07, 6.45) is 3.16. The molecule has 1 amide bonds. The summed E-state index contributed by atoms with van der Waals surface area (Å²) < 4.78 is 5.47. The van der Waals surface area contributed by atoms with E-state index in [0.29, 0.717) is 23.4 Å². The molecular weight excluding hydrogens is 402 g/mol. The molecule has 32 heavy (non-hydrogen) atoms. The number of aromatic amines is 1. The van der Waals surface area contributed by atoms with Gasteiger partial charge in [-0.15, -0.1) is 0 Å². The minimum Gasteiger partial charge on any atom is -0.496 e. The Labute approximate surface area is 186 Å². The number of aromatic nitrogens is 2. The predicted molar refractivity (Wildman–Crippen MR) is 125 cm³/mol. The van der Waals surface area contributed by atoms with Crippen molar-refractivity contribution in [2.24, 2.45) is 0 Å². The van der Waals surface area contributed by atoms with Crippen molar-refractivity contribution in [3.05, 3.63) is 105 Å². The first kappa shape index (κ1) is 21.3. The van der Waals surface area contributed by atoms with Gasteiger partial charge in [-0.3, -0.25) is 14.6 Å². The van der Waals surface area contributed by atoms with Crippen molar-refractivity contribution in [1.82, 2.24) is 14.9 Å². The van der Waals surface area contributed by atoms with Gasteiger partial charge in [0.2, 0.25) is 0 Å². The largest absolute Gasteiger partial charge is 0.496 e. The van der Waals surface area contributed by atoms with Crippen LogP contribution in [0.1, 0.15) is 32.6 Å². The summed E-state index contributed by atoms with van der Waals surface area (Å²) in [6.45, 7) is 4.46. The zero-order chi connectivity index (χ0) is 22.7. The van der Waals surface area contributed by atoms with Crippen LogP contribution in [0.2, 0.25) is 0 Å². The number of nitrogens with one attached hydrogen (secondary N) is 1. The van der Waals surface area contributed by atoms with E-state index in [1.54, 1.807) is 30.3 Å². The Kier molecular flexibility index (Phi) is 6.03. The van der Waals surface area contributed by atoms with Gasteiger partial charge in [0.25, 0.3) is 11.5 Å². The normalized spacial score (nSPS) is 10.8. The van der Waals surface area contributed by atoms with Crippen LogP contribution in [0.5, 0.6) is 5.75 Å². The Morgan fingerprint density at radius 1 is 1.03 bits per heavy atom. The van der Waals surface area contributed by atoms with Crippen LogP contribution in [0.25, 0.3) is 10.9 Å². The molecule has 2 aromatic carbocycles. The van der Waals surface area contributed by atoms with Gasteiger partial charge in [0.1, 0.15) is 5.75 Å². The molecule has 0 aliphatic carbocycles. The van der Waals surface area contributed by atoms with Gasteiger partial charge in [-0.2, -0.15) is 0 Å². The molecular formula is C26H25N3O3. The number of ether oxygens (including phenoxy) is 1. The van der Waals surface area contributed by atoms with Crippen molar-refractivity contribution in [3.8, 4) is 5.75 Å². The van der Waals surface area contributed by atoms with Crippen molar-refractivity contribution in [2.45, 2.75) is 26.9 Å². The van der Waals surface area contributed by atoms with E-state index in [2.05, 4.69) is 9.97 Å². The minimum absolute atomic E-state index is 0.157. The fourth-order valence-electron chi connectivity index (χ4n) is 3.80. The quantitative estimate of drug-likeness (QED) is 0.495. The first-order valence-corrected chi connectivity index (χ1v) is 10.4. The molecule has 4 rings (SSSR count). The summed E-state index contributed by atoms with van der Waals surface area (Å²) in [4.78, 5) is 35.0. The number of hydrogen-bond donors (Lipinski definition) is 1. The predicted octanol–water partition coefficient (Wildman–Crippen LogP) is 4.39. The molecule has 0 atom stereocenters. The minimum atomic E-state index is -0.205. The van der Waals surface area contributed by atoms with Gasteiger partial charge in [0, 0.05) is 30.1 Å². The van der Waals surface area contributed by atoms with Gasteiger partial charge >= 0.3 is 0 Å². The van der Waals surface area contributed by atoms with E-state index in [-0.39, 0.29) is 18.0 Å². The van der Waals surface area contributed by atoms with Crippen LogP contribution in [0.15, 0.2) is 71.8 Å². The average Bonchev–Trinajstić information content (AvgIpc) is 2.82. The number of hydrogen-bond acceptors (Lipinski definition) is 4. The molecule has 0 spiro atoms. The number of fused-ring (bicyclic) bond motifs is 1. The van der Waals surface area contributed by atoms with E-state index in [0.717, 1.165) is 27.6 Å². The van der Waals surface area contributed by atoms with Crippen LogP contribution >= 0.6 is 0 Å². The number of rotatable bonds is 6. The average molecular weight is 428 g/mol. The summed E-state index contributed by atoms with van der Waals surface area (Å²) in [5, 5.41) is 0.939. The van der Waals surface area contributed by atoms with Crippen molar-refractivity contribution in [3.63, 3.8) is 0 Å². The zero-order valence-electron chi connectivity index (χ0n) is 18.4. The van der Waals surface area contributed by atoms with Gasteiger partial charge in [-0.05, 0) is 54.6 Å². The topological polar surface area (TPSA) is 75.3 Å². The second kappa shape index (κ2) is 9.06. The molecule has 0 bridgehead atoms. The highest BCUT2D eigenvalue weighted by Crippen LogP contribution is 2.23. The molecule has 2 aromatic heterocycles. The highest BCUT2D eigenvalue weighted by Gasteiger charge is 2.20. The van der Waals surface area contributed by atoms with Crippen LogP contribution in [0, 0.1) is 13.8 Å². The summed E-state index contributed by atoms with van der Waals surface area (Å²) in [5.41, 5.74) is 4.63.